The molecule has 0 radical (unpaired) electrons. The summed E-state index contributed by atoms with van der Waals surface area (Å²) in [5.74, 6) is -0.575. The molecule has 152 valence electrons. The molecule has 5 nitrogen and oxygen atoms in total. The lowest BCUT2D eigenvalue weighted by Crippen LogP contribution is -2.30. The molecule has 2 aromatic heterocycles. The van der Waals surface area contributed by atoms with Crippen LogP contribution < -0.4 is 5.32 Å². The van der Waals surface area contributed by atoms with Crippen molar-refractivity contribution >= 4 is 39.1 Å². The van der Waals surface area contributed by atoms with Gasteiger partial charge in [0.25, 0.3) is 5.91 Å². The first-order chi connectivity index (χ1) is 13.9. The minimum atomic E-state index is -0.469. The molecule has 0 saturated carbocycles. The number of hydrogen-bond donors (Lipinski definition) is 1. The molecule has 1 N–H and O–H groups in total. The number of thiophene rings is 1. The molecule has 0 bridgehead atoms. The van der Waals surface area contributed by atoms with Crippen LogP contribution in [0.3, 0.4) is 0 Å². The highest BCUT2D eigenvalue weighted by Gasteiger charge is 2.22. The molecule has 1 atom stereocenters. The van der Waals surface area contributed by atoms with Crippen molar-refractivity contribution in [2.24, 2.45) is 0 Å². The molecule has 0 aliphatic heterocycles. The fourth-order valence-electron chi connectivity index (χ4n) is 3.27. The molecule has 0 spiro atoms. The van der Waals surface area contributed by atoms with E-state index in [0.29, 0.717) is 5.56 Å². The van der Waals surface area contributed by atoms with Crippen LogP contribution in [-0.4, -0.2) is 23.6 Å². The van der Waals surface area contributed by atoms with Crippen molar-refractivity contribution in [2.75, 3.05) is 7.11 Å². The van der Waals surface area contributed by atoms with E-state index in [1.807, 2.05) is 55.6 Å². The van der Waals surface area contributed by atoms with Gasteiger partial charge in [0.15, 0.2) is 0 Å². The number of esters is 1. The molecule has 1 amide bonds. The Labute approximate surface area is 182 Å². The number of hydrogen-bond acceptors (Lipinski definition) is 4. The lowest BCUT2D eigenvalue weighted by atomic mass is 10.0. The van der Waals surface area contributed by atoms with Gasteiger partial charge in [-0.2, -0.15) is 0 Å². The second-order valence-electron chi connectivity index (χ2n) is 6.81. The Hall–Kier alpha value is -2.38. The topological polar surface area (TPSA) is 60.3 Å². The van der Waals surface area contributed by atoms with E-state index in [-0.39, 0.29) is 18.3 Å². The molecule has 3 rings (SSSR count). The van der Waals surface area contributed by atoms with Crippen molar-refractivity contribution < 1.29 is 14.3 Å². The first kappa shape index (κ1) is 21.3. The van der Waals surface area contributed by atoms with Crippen LogP contribution in [0.5, 0.6) is 0 Å². The molecular formula is C22H23BrN2O3S. The van der Waals surface area contributed by atoms with Crippen LogP contribution >= 0.6 is 27.3 Å². The summed E-state index contributed by atoms with van der Waals surface area (Å²) in [6, 6.07) is 13.1. The number of carbonyl (C=O) groups excluding carboxylic acids is 2. The van der Waals surface area contributed by atoms with E-state index >= 15 is 0 Å². The van der Waals surface area contributed by atoms with Gasteiger partial charge in [-0.3, -0.25) is 9.59 Å². The van der Waals surface area contributed by atoms with Crippen molar-refractivity contribution in [3.8, 4) is 0 Å². The Kier molecular flexibility index (Phi) is 6.92. The van der Waals surface area contributed by atoms with Crippen LogP contribution in [0.25, 0.3) is 0 Å². The number of nitrogens with zero attached hydrogens (tertiary/aromatic N) is 1. The van der Waals surface area contributed by atoms with E-state index in [9.17, 15) is 9.59 Å². The minimum Gasteiger partial charge on any atom is -0.469 e. The summed E-state index contributed by atoms with van der Waals surface area (Å²) in [6.45, 7) is 4.68. The smallest absolute Gasteiger partial charge is 0.307 e. The van der Waals surface area contributed by atoms with E-state index in [0.717, 1.165) is 28.0 Å². The quantitative estimate of drug-likeness (QED) is 0.489. The molecule has 2 heterocycles. The number of rotatable bonds is 7. The van der Waals surface area contributed by atoms with Crippen molar-refractivity contribution in [2.45, 2.75) is 32.9 Å². The van der Waals surface area contributed by atoms with Crippen LogP contribution in [0.15, 0.2) is 52.3 Å². The molecule has 29 heavy (non-hydrogen) atoms. The lowest BCUT2D eigenvalue weighted by Gasteiger charge is -2.18. The summed E-state index contributed by atoms with van der Waals surface area (Å²) >= 11 is 5.10. The summed E-state index contributed by atoms with van der Waals surface area (Å²) in [7, 11) is 1.35. The zero-order valence-electron chi connectivity index (χ0n) is 16.6. The maximum atomic E-state index is 13.1. The molecular weight excluding hydrogens is 452 g/mol. The zero-order valence-corrected chi connectivity index (χ0v) is 19.0. The number of benzene rings is 1. The number of methoxy groups -OCH3 is 1. The number of halogens is 1. The molecule has 3 aromatic rings. The van der Waals surface area contributed by atoms with Crippen molar-refractivity contribution in [1.29, 1.82) is 0 Å². The standard InChI is InChI=1S/C22H23BrN2O3S/c1-14-11-19(15(2)25(14)13-18-5-4-10-29-18)22(27)24-20(12-21(26)28-3)16-6-8-17(23)9-7-16/h4-11,20H,12-13H2,1-3H3,(H,24,27). The molecule has 0 saturated heterocycles. The second kappa shape index (κ2) is 9.41. The average Bonchev–Trinajstić information content (AvgIpc) is 3.31. The lowest BCUT2D eigenvalue weighted by molar-refractivity contribution is -0.141. The maximum Gasteiger partial charge on any atom is 0.307 e. The van der Waals surface area contributed by atoms with Crippen LogP contribution in [0.1, 0.15) is 44.6 Å². The molecule has 1 unspecified atom stereocenters. The Bertz CT molecular complexity index is 994. The molecule has 0 fully saturated rings. The highest BCUT2D eigenvalue weighted by atomic mass is 79.9. The van der Waals surface area contributed by atoms with E-state index in [1.165, 1.54) is 12.0 Å². The van der Waals surface area contributed by atoms with Crippen molar-refractivity contribution in [1.82, 2.24) is 9.88 Å². The van der Waals surface area contributed by atoms with Gasteiger partial charge in [0.1, 0.15) is 0 Å². The SMILES string of the molecule is COC(=O)CC(NC(=O)c1cc(C)n(Cc2cccs2)c1C)c1ccc(Br)cc1. The van der Waals surface area contributed by atoms with Gasteiger partial charge in [-0.05, 0) is 49.1 Å². The highest BCUT2D eigenvalue weighted by molar-refractivity contribution is 9.10. The van der Waals surface area contributed by atoms with E-state index < -0.39 is 6.04 Å². The van der Waals surface area contributed by atoms with Crippen molar-refractivity contribution in [3.05, 3.63) is 79.7 Å². The fraction of sp³-hybridized carbons (Fsp3) is 0.273. The van der Waals surface area contributed by atoms with Gasteiger partial charge in [0.05, 0.1) is 31.7 Å². The predicted molar refractivity (Wildman–Crippen MR) is 118 cm³/mol. The predicted octanol–water partition coefficient (Wildman–Crippen LogP) is 5.01. The van der Waals surface area contributed by atoms with Crippen LogP contribution in [0.4, 0.5) is 0 Å². The number of nitrogens with one attached hydrogen (secondary N) is 1. The first-order valence-corrected chi connectivity index (χ1v) is 10.9. The van der Waals surface area contributed by atoms with E-state index in [4.69, 9.17) is 4.74 Å². The van der Waals surface area contributed by atoms with Crippen molar-refractivity contribution in [3.63, 3.8) is 0 Å². The molecule has 0 aliphatic rings. The van der Waals surface area contributed by atoms with Gasteiger partial charge in [0.2, 0.25) is 0 Å². The van der Waals surface area contributed by atoms with Gasteiger partial charge >= 0.3 is 5.97 Å². The third kappa shape index (κ3) is 5.16. The zero-order chi connectivity index (χ0) is 21.0. The monoisotopic (exact) mass is 474 g/mol. The summed E-state index contributed by atoms with van der Waals surface area (Å²) in [5.41, 5.74) is 3.39. The minimum absolute atomic E-state index is 0.0673. The van der Waals surface area contributed by atoms with Gasteiger partial charge in [-0.15, -0.1) is 11.3 Å². The summed E-state index contributed by atoms with van der Waals surface area (Å²) in [4.78, 5) is 26.2. The van der Waals surface area contributed by atoms with Gasteiger partial charge in [0, 0.05) is 20.7 Å². The Balaban J connectivity index is 1.83. The van der Waals surface area contributed by atoms with Gasteiger partial charge in [-0.1, -0.05) is 34.1 Å². The molecule has 0 aliphatic carbocycles. The van der Waals surface area contributed by atoms with E-state index in [2.05, 4.69) is 31.9 Å². The largest absolute Gasteiger partial charge is 0.469 e. The summed E-state index contributed by atoms with van der Waals surface area (Å²) in [5, 5.41) is 5.06. The maximum absolute atomic E-state index is 13.1. The Morgan fingerprint density at radius 3 is 2.55 bits per heavy atom. The third-order valence-corrected chi connectivity index (χ3v) is 6.28. The first-order valence-electron chi connectivity index (χ1n) is 9.21. The number of amides is 1. The molecule has 7 heteroatoms. The fourth-order valence-corrected chi connectivity index (χ4v) is 4.22. The van der Waals surface area contributed by atoms with Crippen LogP contribution in [0.2, 0.25) is 0 Å². The van der Waals surface area contributed by atoms with Gasteiger partial charge in [-0.25, -0.2) is 0 Å². The number of carbonyl (C=O) groups is 2. The Morgan fingerprint density at radius 1 is 1.21 bits per heavy atom. The number of aryl methyl sites for hydroxylation is 1. The molecule has 1 aromatic carbocycles. The highest BCUT2D eigenvalue weighted by Crippen LogP contribution is 2.23. The van der Waals surface area contributed by atoms with Crippen LogP contribution in [0, 0.1) is 13.8 Å². The third-order valence-electron chi connectivity index (χ3n) is 4.89. The van der Waals surface area contributed by atoms with E-state index in [1.54, 1.807) is 11.3 Å². The average molecular weight is 475 g/mol. The second-order valence-corrected chi connectivity index (χ2v) is 8.76. The summed E-state index contributed by atoms with van der Waals surface area (Å²) < 4.78 is 7.88. The summed E-state index contributed by atoms with van der Waals surface area (Å²) in [6.07, 6.45) is 0.0673. The Morgan fingerprint density at radius 2 is 1.93 bits per heavy atom. The van der Waals surface area contributed by atoms with Gasteiger partial charge < -0.3 is 14.6 Å². The normalized spacial score (nSPS) is 11.9. The van der Waals surface area contributed by atoms with Crippen LogP contribution in [-0.2, 0) is 16.1 Å². The number of aromatic nitrogens is 1. The number of ether oxygens (including phenoxy) is 1.